The van der Waals surface area contributed by atoms with E-state index >= 15 is 0 Å². The highest BCUT2D eigenvalue weighted by atomic mass is 16.5. The number of methoxy groups -OCH3 is 1. The van der Waals surface area contributed by atoms with E-state index in [1.807, 2.05) is 48.6 Å². The second kappa shape index (κ2) is 7.67. The van der Waals surface area contributed by atoms with Crippen molar-refractivity contribution in [2.24, 2.45) is 0 Å². The Balaban J connectivity index is 1.83. The lowest BCUT2D eigenvalue weighted by Gasteiger charge is -2.17. The zero-order chi connectivity index (χ0) is 22.4. The molecule has 0 aliphatic heterocycles. The predicted molar refractivity (Wildman–Crippen MR) is 123 cm³/mol. The van der Waals surface area contributed by atoms with Gasteiger partial charge in [-0.2, -0.15) is 0 Å². The topological polar surface area (TPSA) is 85.4 Å². The third kappa shape index (κ3) is 3.00. The Morgan fingerprint density at radius 1 is 1.19 bits per heavy atom. The average Bonchev–Trinajstić information content (AvgIpc) is 3.37. The van der Waals surface area contributed by atoms with E-state index in [0.29, 0.717) is 22.5 Å². The summed E-state index contributed by atoms with van der Waals surface area (Å²) in [4.78, 5) is 20.7. The van der Waals surface area contributed by atoms with Crippen molar-refractivity contribution < 1.29 is 9.26 Å². The van der Waals surface area contributed by atoms with Crippen LogP contribution in [0.3, 0.4) is 0 Å². The van der Waals surface area contributed by atoms with Crippen LogP contribution in [0.4, 0.5) is 0 Å². The van der Waals surface area contributed by atoms with Crippen LogP contribution in [0.1, 0.15) is 42.1 Å². The highest BCUT2D eigenvalue weighted by molar-refractivity contribution is 5.90. The monoisotopic (exact) mass is 428 g/mol. The molecule has 0 aliphatic rings. The van der Waals surface area contributed by atoms with Gasteiger partial charge >= 0.3 is 0 Å². The largest absolute Gasteiger partial charge is 0.496 e. The first-order chi connectivity index (χ1) is 15.5. The third-order valence-electron chi connectivity index (χ3n) is 6.06. The molecule has 1 atom stereocenters. The van der Waals surface area contributed by atoms with Crippen LogP contribution in [0.15, 0.2) is 58.0 Å². The van der Waals surface area contributed by atoms with Gasteiger partial charge in [-0.15, -0.1) is 0 Å². The highest BCUT2D eigenvalue weighted by Gasteiger charge is 2.22. The summed E-state index contributed by atoms with van der Waals surface area (Å²) in [6.07, 6.45) is 2.59. The van der Waals surface area contributed by atoms with Gasteiger partial charge in [0.05, 0.1) is 35.5 Å². The van der Waals surface area contributed by atoms with Crippen LogP contribution in [0, 0.1) is 13.8 Å². The quantitative estimate of drug-likeness (QED) is 0.426. The van der Waals surface area contributed by atoms with Gasteiger partial charge in [0, 0.05) is 17.5 Å². The Labute approximate surface area is 184 Å². The molecule has 2 aromatic carbocycles. The number of benzene rings is 2. The number of hydrogen-bond donors (Lipinski definition) is 1. The summed E-state index contributed by atoms with van der Waals surface area (Å²) in [6, 6.07) is 14.1. The van der Waals surface area contributed by atoms with E-state index in [-0.39, 0.29) is 11.5 Å². The zero-order valence-electron chi connectivity index (χ0n) is 18.5. The van der Waals surface area contributed by atoms with E-state index in [4.69, 9.17) is 14.2 Å². The first-order valence-corrected chi connectivity index (χ1v) is 10.6. The van der Waals surface area contributed by atoms with E-state index in [9.17, 15) is 4.79 Å². The van der Waals surface area contributed by atoms with Crippen molar-refractivity contribution >= 4 is 16.6 Å². The smallest absolute Gasteiger partial charge is 0.258 e. The van der Waals surface area contributed by atoms with Gasteiger partial charge in [-0.25, -0.2) is 4.98 Å². The molecule has 7 nitrogen and oxygen atoms in total. The van der Waals surface area contributed by atoms with Crippen molar-refractivity contribution in [3.8, 4) is 16.9 Å². The van der Waals surface area contributed by atoms with Crippen molar-refractivity contribution in [1.82, 2.24) is 19.5 Å². The Morgan fingerprint density at radius 2 is 1.97 bits per heavy atom. The summed E-state index contributed by atoms with van der Waals surface area (Å²) in [5.74, 6) is 2.28. The molecule has 0 bridgehead atoms. The number of fused-ring (bicyclic) bond motifs is 3. The Bertz CT molecular complexity index is 1480. The number of nitrogens with one attached hydrogen (secondary N) is 1. The zero-order valence-corrected chi connectivity index (χ0v) is 18.5. The van der Waals surface area contributed by atoms with Crippen LogP contribution in [0.25, 0.3) is 27.7 Å². The second-order valence-electron chi connectivity index (χ2n) is 7.93. The molecule has 0 saturated carbocycles. The number of rotatable bonds is 5. The van der Waals surface area contributed by atoms with Crippen LogP contribution in [0.2, 0.25) is 0 Å². The van der Waals surface area contributed by atoms with Crippen LogP contribution >= 0.6 is 0 Å². The van der Waals surface area contributed by atoms with Gasteiger partial charge in [0.15, 0.2) is 0 Å². The van der Waals surface area contributed by atoms with Crippen LogP contribution < -0.4 is 10.3 Å². The van der Waals surface area contributed by atoms with E-state index in [2.05, 4.69) is 29.2 Å². The lowest BCUT2D eigenvalue weighted by atomic mass is 9.95. The van der Waals surface area contributed by atoms with Gasteiger partial charge in [-0.3, -0.25) is 9.20 Å². The molecule has 5 rings (SSSR count). The fraction of sp³-hybridized carbons (Fsp3) is 0.240. The second-order valence-corrected chi connectivity index (χ2v) is 7.93. The molecule has 32 heavy (non-hydrogen) atoms. The summed E-state index contributed by atoms with van der Waals surface area (Å²) in [5, 5.41) is 4.61. The molecule has 0 radical (unpaired) electrons. The Kier molecular flexibility index (Phi) is 4.81. The van der Waals surface area contributed by atoms with Crippen molar-refractivity contribution in [2.45, 2.75) is 33.1 Å². The number of aryl methyl sites for hydroxylation is 2. The van der Waals surface area contributed by atoms with Crippen molar-refractivity contribution in [3.05, 3.63) is 81.9 Å². The Hall–Kier alpha value is -3.87. The first-order valence-electron chi connectivity index (χ1n) is 10.6. The maximum atomic E-state index is 13.0. The SMILES string of the molecule is CCC(c1ccccc1)c1ncc2[nH]c(=O)c3cc(-c4c(C)noc4C)c(OC)cc3n12. The van der Waals surface area contributed by atoms with Crippen molar-refractivity contribution in [1.29, 1.82) is 0 Å². The molecule has 0 amide bonds. The summed E-state index contributed by atoms with van der Waals surface area (Å²) in [5.41, 5.74) is 4.76. The molecule has 3 aromatic heterocycles. The number of H-pyrrole nitrogens is 1. The summed E-state index contributed by atoms with van der Waals surface area (Å²) in [6.45, 7) is 5.87. The van der Waals surface area contributed by atoms with E-state index in [1.165, 1.54) is 5.56 Å². The minimum Gasteiger partial charge on any atom is -0.496 e. The molecule has 7 heteroatoms. The van der Waals surface area contributed by atoms with Crippen LogP contribution in [-0.2, 0) is 0 Å². The molecule has 0 spiro atoms. The minimum atomic E-state index is -0.178. The maximum absolute atomic E-state index is 13.0. The highest BCUT2D eigenvalue weighted by Crippen LogP contribution is 2.38. The molecule has 1 unspecified atom stereocenters. The molecular weight excluding hydrogens is 404 g/mol. The predicted octanol–water partition coefficient (Wildman–Crippen LogP) is 5.00. The molecule has 0 saturated heterocycles. The van der Waals surface area contributed by atoms with Gasteiger partial charge in [-0.05, 0) is 31.9 Å². The molecule has 162 valence electrons. The van der Waals surface area contributed by atoms with Gasteiger partial charge in [0.1, 0.15) is 23.0 Å². The third-order valence-corrected chi connectivity index (χ3v) is 6.06. The maximum Gasteiger partial charge on any atom is 0.258 e. The van der Waals surface area contributed by atoms with E-state index in [1.54, 1.807) is 13.3 Å². The van der Waals surface area contributed by atoms with E-state index in [0.717, 1.165) is 34.6 Å². The van der Waals surface area contributed by atoms with Crippen LogP contribution in [0.5, 0.6) is 5.75 Å². The standard InChI is InChI=1S/C25H24N4O3/c1-5-17(16-9-7-6-8-10-16)24-26-13-22-27-25(30)18-11-19(23-14(2)28-32-15(23)3)21(31-4)12-20(18)29(22)24/h6-13,17H,5H2,1-4H3,(H,27,30). The number of hydrogen-bond acceptors (Lipinski definition) is 5. The molecule has 0 aliphatic carbocycles. The minimum absolute atomic E-state index is 0.0843. The molecule has 3 heterocycles. The number of aromatic nitrogens is 4. The molecule has 1 N–H and O–H groups in total. The number of ether oxygens (including phenoxy) is 1. The average molecular weight is 428 g/mol. The lowest BCUT2D eigenvalue weighted by molar-refractivity contribution is 0.393. The van der Waals surface area contributed by atoms with Gasteiger partial charge in [-0.1, -0.05) is 42.4 Å². The van der Waals surface area contributed by atoms with Crippen molar-refractivity contribution in [2.75, 3.05) is 7.11 Å². The Morgan fingerprint density at radius 3 is 2.62 bits per heavy atom. The lowest BCUT2D eigenvalue weighted by Crippen LogP contribution is -2.13. The van der Waals surface area contributed by atoms with Crippen molar-refractivity contribution in [3.63, 3.8) is 0 Å². The van der Waals surface area contributed by atoms with Gasteiger partial charge in [0.25, 0.3) is 5.56 Å². The molecule has 0 fully saturated rings. The number of imidazole rings is 1. The van der Waals surface area contributed by atoms with Crippen LogP contribution in [-0.4, -0.2) is 26.6 Å². The molecule has 5 aromatic rings. The van der Waals surface area contributed by atoms with E-state index < -0.39 is 0 Å². The fourth-order valence-electron chi connectivity index (χ4n) is 4.56. The fourth-order valence-corrected chi connectivity index (χ4v) is 4.56. The first kappa shape index (κ1) is 20.1. The van der Waals surface area contributed by atoms with Gasteiger partial charge in [0.2, 0.25) is 0 Å². The van der Waals surface area contributed by atoms with Gasteiger partial charge < -0.3 is 14.2 Å². The molecular formula is C25H24N4O3. The summed E-state index contributed by atoms with van der Waals surface area (Å²) >= 11 is 0. The summed E-state index contributed by atoms with van der Waals surface area (Å²) in [7, 11) is 1.63. The normalized spacial score (nSPS) is 12.5. The number of nitrogens with zero attached hydrogens (tertiary/aromatic N) is 3. The number of aromatic amines is 1. The summed E-state index contributed by atoms with van der Waals surface area (Å²) < 4.78 is 13.1.